The summed E-state index contributed by atoms with van der Waals surface area (Å²) >= 11 is 0. The summed E-state index contributed by atoms with van der Waals surface area (Å²) in [5, 5.41) is 3.07. The predicted octanol–water partition coefficient (Wildman–Crippen LogP) is 5.10. The second kappa shape index (κ2) is 14.4. The molecule has 3 aromatic rings. The number of hydrogen-bond donors (Lipinski definition) is 1. The van der Waals surface area contributed by atoms with Crippen molar-refractivity contribution in [3.8, 4) is 5.75 Å². The Balaban J connectivity index is 1.91. The first kappa shape index (κ1) is 32.7. The summed E-state index contributed by atoms with van der Waals surface area (Å²) in [7, 11) is -2.10. The predicted molar refractivity (Wildman–Crippen MR) is 168 cm³/mol. The van der Waals surface area contributed by atoms with Gasteiger partial charge in [-0.15, -0.1) is 0 Å². The van der Waals surface area contributed by atoms with Crippen LogP contribution in [0.25, 0.3) is 0 Å². The molecule has 0 aliphatic heterocycles. The fraction of sp³-hybridized carbons (Fsp3) is 0.394. The van der Waals surface area contributed by atoms with Crippen molar-refractivity contribution in [1.29, 1.82) is 0 Å². The van der Waals surface area contributed by atoms with Crippen molar-refractivity contribution in [2.45, 2.75) is 65.1 Å². The van der Waals surface area contributed by atoms with Gasteiger partial charge in [-0.2, -0.15) is 0 Å². The lowest BCUT2D eigenvalue weighted by molar-refractivity contribution is -0.142. The maximum Gasteiger partial charge on any atom is 0.243 e. The topological polar surface area (TPSA) is 96.0 Å². The van der Waals surface area contributed by atoms with Crippen LogP contribution < -0.4 is 14.4 Å². The third kappa shape index (κ3) is 9.62. The minimum absolute atomic E-state index is 0.0654. The average molecular weight is 594 g/mol. The smallest absolute Gasteiger partial charge is 0.243 e. The summed E-state index contributed by atoms with van der Waals surface area (Å²) in [5.41, 5.74) is 2.88. The van der Waals surface area contributed by atoms with E-state index in [0.29, 0.717) is 17.9 Å². The Morgan fingerprint density at radius 2 is 1.62 bits per heavy atom. The molecule has 0 saturated heterocycles. The molecule has 42 heavy (non-hydrogen) atoms. The van der Waals surface area contributed by atoms with Crippen molar-refractivity contribution in [2.24, 2.45) is 0 Å². The third-order valence-electron chi connectivity index (χ3n) is 6.86. The molecule has 1 N–H and O–H groups in total. The molecule has 0 aliphatic rings. The van der Waals surface area contributed by atoms with Crippen LogP contribution in [0.2, 0.25) is 0 Å². The van der Waals surface area contributed by atoms with Crippen LogP contribution in [0.4, 0.5) is 5.69 Å². The second-order valence-electron chi connectivity index (χ2n) is 11.5. The lowest BCUT2D eigenvalue weighted by atomic mass is 9.99. The normalized spacial score (nSPS) is 12.3. The number of anilines is 1. The SMILES string of the molecule is COc1cccc(N(CCCC(=O)N(Cc2ccccc2C)[C@@H](Cc2ccccc2)C(=O)NC(C)(C)C)S(C)(=O)=O)c1. The number of amides is 2. The highest BCUT2D eigenvalue weighted by Gasteiger charge is 2.32. The molecule has 8 nitrogen and oxygen atoms in total. The number of rotatable bonds is 13. The Labute approximate surface area is 250 Å². The number of sulfonamides is 1. The van der Waals surface area contributed by atoms with Crippen molar-refractivity contribution >= 4 is 27.5 Å². The Bertz CT molecular complexity index is 1450. The van der Waals surface area contributed by atoms with Gasteiger partial charge < -0.3 is 15.0 Å². The van der Waals surface area contributed by atoms with Gasteiger partial charge in [0, 0.05) is 37.5 Å². The first-order valence-electron chi connectivity index (χ1n) is 14.1. The van der Waals surface area contributed by atoms with Gasteiger partial charge in [0.25, 0.3) is 0 Å². The molecule has 3 aromatic carbocycles. The highest BCUT2D eigenvalue weighted by molar-refractivity contribution is 7.92. The molecule has 0 bridgehead atoms. The second-order valence-corrected chi connectivity index (χ2v) is 13.4. The van der Waals surface area contributed by atoms with E-state index in [4.69, 9.17) is 4.74 Å². The van der Waals surface area contributed by atoms with Gasteiger partial charge in [-0.3, -0.25) is 13.9 Å². The molecule has 0 spiro atoms. The van der Waals surface area contributed by atoms with E-state index in [1.807, 2.05) is 82.3 Å². The number of nitrogens with one attached hydrogen (secondary N) is 1. The number of nitrogens with zero attached hydrogens (tertiary/aromatic N) is 2. The molecule has 0 aromatic heterocycles. The Kier molecular flexibility index (Phi) is 11.2. The highest BCUT2D eigenvalue weighted by atomic mass is 32.2. The van der Waals surface area contributed by atoms with Crippen LogP contribution in [0.15, 0.2) is 78.9 Å². The zero-order valence-corrected chi connectivity index (χ0v) is 26.3. The summed E-state index contributed by atoms with van der Waals surface area (Å²) in [4.78, 5) is 29.4. The van der Waals surface area contributed by atoms with Gasteiger partial charge in [-0.1, -0.05) is 60.7 Å². The van der Waals surface area contributed by atoms with Crippen molar-refractivity contribution < 1.29 is 22.7 Å². The van der Waals surface area contributed by atoms with E-state index >= 15 is 0 Å². The van der Waals surface area contributed by atoms with Gasteiger partial charge in [0.05, 0.1) is 19.1 Å². The zero-order valence-electron chi connectivity index (χ0n) is 25.5. The van der Waals surface area contributed by atoms with Gasteiger partial charge in [0.2, 0.25) is 21.8 Å². The number of benzene rings is 3. The number of aryl methyl sites for hydroxylation is 1. The fourth-order valence-corrected chi connectivity index (χ4v) is 5.70. The first-order valence-corrected chi connectivity index (χ1v) is 15.9. The van der Waals surface area contributed by atoms with Crippen molar-refractivity contribution in [1.82, 2.24) is 10.2 Å². The first-order chi connectivity index (χ1) is 19.8. The van der Waals surface area contributed by atoms with Crippen LogP contribution in [0.5, 0.6) is 5.75 Å². The molecule has 0 unspecified atom stereocenters. The Morgan fingerprint density at radius 1 is 0.952 bits per heavy atom. The van der Waals surface area contributed by atoms with Gasteiger partial charge in [-0.05, 0) is 62.9 Å². The number of hydrogen-bond acceptors (Lipinski definition) is 5. The number of ether oxygens (including phenoxy) is 1. The van der Waals surface area contributed by atoms with E-state index in [1.165, 1.54) is 11.4 Å². The zero-order chi connectivity index (χ0) is 30.9. The Morgan fingerprint density at radius 3 is 2.24 bits per heavy atom. The van der Waals surface area contributed by atoms with Gasteiger partial charge in [-0.25, -0.2) is 8.42 Å². The minimum Gasteiger partial charge on any atom is -0.497 e. The lowest BCUT2D eigenvalue weighted by Crippen LogP contribution is -2.54. The largest absolute Gasteiger partial charge is 0.497 e. The number of methoxy groups -OCH3 is 1. The van der Waals surface area contributed by atoms with Gasteiger partial charge in [0.15, 0.2) is 0 Å². The average Bonchev–Trinajstić information content (AvgIpc) is 2.92. The molecular weight excluding hydrogens is 550 g/mol. The summed E-state index contributed by atoms with van der Waals surface area (Å²) in [6.07, 6.45) is 1.83. The van der Waals surface area contributed by atoms with Crippen LogP contribution in [0.1, 0.15) is 50.3 Å². The maximum atomic E-state index is 14.0. The molecule has 1 atom stereocenters. The maximum absolute atomic E-state index is 14.0. The monoisotopic (exact) mass is 593 g/mol. The summed E-state index contributed by atoms with van der Waals surface area (Å²) in [6.45, 7) is 8.08. The van der Waals surface area contributed by atoms with Crippen LogP contribution in [-0.4, -0.2) is 56.6 Å². The van der Waals surface area contributed by atoms with E-state index in [0.717, 1.165) is 22.9 Å². The van der Waals surface area contributed by atoms with Crippen LogP contribution in [0.3, 0.4) is 0 Å². The number of carbonyl (C=O) groups excluding carboxylic acids is 2. The highest BCUT2D eigenvalue weighted by Crippen LogP contribution is 2.24. The Hall–Kier alpha value is -3.85. The lowest BCUT2D eigenvalue weighted by Gasteiger charge is -2.34. The number of carbonyl (C=O) groups is 2. The molecule has 0 fully saturated rings. The fourth-order valence-electron chi connectivity index (χ4n) is 4.75. The summed E-state index contributed by atoms with van der Waals surface area (Å²) < 4.78 is 31.9. The third-order valence-corrected chi connectivity index (χ3v) is 8.06. The van der Waals surface area contributed by atoms with E-state index in [-0.39, 0.29) is 37.7 Å². The minimum atomic E-state index is -3.62. The van der Waals surface area contributed by atoms with Crippen molar-refractivity contribution in [3.63, 3.8) is 0 Å². The van der Waals surface area contributed by atoms with Crippen LogP contribution in [-0.2, 0) is 32.6 Å². The molecule has 9 heteroatoms. The van der Waals surface area contributed by atoms with E-state index in [2.05, 4.69) is 5.32 Å². The molecule has 0 saturated carbocycles. The molecule has 0 radical (unpaired) electrons. The molecule has 3 rings (SSSR count). The quantitative estimate of drug-likeness (QED) is 0.297. The molecule has 0 heterocycles. The summed E-state index contributed by atoms with van der Waals surface area (Å²) in [5.74, 6) is 0.0833. The van der Waals surface area contributed by atoms with Crippen LogP contribution >= 0.6 is 0 Å². The van der Waals surface area contributed by atoms with Gasteiger partial charge in [0.1, 0.15) is 11.8 Å². The molecule has 0 aliphatic carbocycles. The van der Waals surface area contributed by atoms with E-state index in [9.17, 15) is 18.0 Å². The van der Waals surface area contributed by atoms with Crippen LogP contribution in [0, 0.1) is 6.92 Å². The van der Waals surface area contributed by atoms with Crippen molar-refractivity contribution in [3.05, 3.63) is 95.6 Å². The summed E-state index contributed by atoms with van der Waals surface area (Å²) in [6, 6.07) is 23.5. The molecular formula is C33H43N3O5S. The van der Waals surface area contributed by atoms with E-state index < -0.39 is 21.6 Å². The standard InChI is InChI=1S/C33H43N3O5S/c1-25-14-10-11-17-27(25)24-35(30(32(38)34-33(2,3)4)22-26-15-8-7-9-16-26)31(37)20-13-21-36(42(6,39)40)28-18-12-19-29(23-28)41-5/h7-12,14-19,23,30H,13,20-22,24H2,1-6H3,(H,34,38)/t30-/m0/s1. The van der Waals surface area contributed by atoms with Gasteiger partial charge >= 0.3 is 0 Å². The molecule has 226 valence electrons. The van der Waals surface area contributed by atoms with E-state index in [1.54, 1.807) is 29.2 Å². The molecule has 2 amide bonds. The van der Waals surface area contributed by atoms with Crippen molar-refractivity contribution in [2.75, 3.05) is 24.2 Å².